The van der Waals surface area contributed by atoms with Crippen molar-refractivity contribution in [3.05, 3.63) is 0 Å². The van der Waals surface area contributed by atoms with E-state index in [1.54, 1.807) is 0 Å². The molecule has 0 saturated heterocycles. The number of carbonyl (C=O) groups is 6. The van der Waals surface area contributed by atoms with E-state index in [9.17, 15) is 33.9 Å². The van der Waals surface area contributed by atoms with Crippen molar-refractivity contribution in [2.24, 2.45) is 11.5 Å². The van der Waals surface area contributed by atoms with Crippen LogP contribution in [0.3, 0.4) is 0 Å². The van der Waals surface area contributed by atoms with Crippen molar-refractivity contribution >= 4 is 35.7 Å². The molecule has 0 fully saturated rings. The number of nitrogens with one attached hydrogen (secondary N) is 4. The molecule has 0 rings (SSSR count). The van der Waals surface area contributed by atoms with E-state index in [0.717, 1.165) is 32.6 Å². The third kappa shape index (κ3) is 16.0. The van der Waals surface area contributed by atoms with E-state index in [0.29, 0.717) is 6.42 Å². The molecule has 0 aromatic carbocycles. The highest BCUT2D eigenvalue weighted by atomic mass is 16.5. The van der Waals surface area contributed by atoms with Gasteiger partial charge >= 0.3 is 18.0 Å². The predicted octanol–water partition coefficient (Wildman–Crippen LogP) is -1.48. The first-order chi connectivity index (χ1) is 17.4. The molecular formula is C22H40N6O9. The number of hydrazine groups is 1. The second kappa shape index (κ2) is 18.8. The average Bonchev–Trinajstić information content (AvgIpc) is 2.82. The lowest BCUT2D eigenvalue weighted by atomic mass is 10.1. The maximum Gasteiger partial charge on any atom is 0.328 e. The molecule has 0 aliphatic heterocycles. The van der Waals surface area contributed by atoms with Crippen LogP contribution in [0.15, 0.2) is 0 Å². The van der Waals surface area contributed by atoms with Crippen LogP contribution in [0.1, 0.15) is 71.6 Å². The summed E-state index contributed by atoms with van der Waals surface area (Å²) in [5.41, 5.74) is 14.6. The first-order valence-corrected chi connectivity index (χ1v) is 12.2. The number of rotatable bonds is 18. The number of hydrogen-bond acceptors (Lipinski definition) is 9. The highest BCUT2D eigenvalue weighted by molar-refractivity contribution is 5.93. The van der Waals surface area contributed by atoms with Crippen LogP contribution in [-0.2, 0) is 28.7 Å². The first-order valence-electron chi connectivity index (χ1n) is 12.2. The van der Waals surface area contributed by atoms with Crippen LogP contribution < -0.4 is 33.0 Å². The number of aliphatic hydroxyl groups excluding tert-OH is 1. The maximum absolute atomic E-state index is 12.3. The molecule has 15 nitrogen and oxygen atoms in total. The zero-order valence-electron chi connectivity index (χ0n) is 21.3. The van der Waals surface area contributed by atoms with Gasteiger partial charge in [0.2, 0.25) is 5.91 Å². The van der Waals surface area contributed by atoms with Crippen LogP contribution in [0.4, 0.5) is 4.79 Å². The van der Waals surface area contributed by atoms with Crippen molar-refractivity contribution in [3.8, 4) is 0 Å². The van der Waals surface area contributed by atoms with Crippen molar-refractivity contribution in [2.45, 2.75) is 95.9 Å². The number of carboxylic acid groups (broad SMARTS) is 1. The van der Waals surface area contributed by atoms with Gasteiger partial charge in [-0.15, -0.1) is 0 Å². The average molecular weight is 533 g/mol. The highest BCUT2D eigenvalue weighted by Crippen LogP contribution is 2.08. The Morgan fingerprint density at radius 3 is 2.00 bits per heavy atom. The van der Waals surface area contributed by atoms with E-state index in [-0.39, 0.29) is 6.42 Å². The highest BCUT2D eigenvalue weighted by Gasteiger charge is 2.29. The van der Waals surface area contributed by atoms with Crippen molar-refractivity contribution in [3.63, 3.8) is 0 Å². The number of unbranched alkanes of at least 4 members (excludes halogenated alkanes) is 6. The Hall–Kier alpha value is -3.46. The van der Waals surface area contributed by atoms with Gasteiger partial charge in [-0.2, -0.15) is 0 Å². The molecule has 0 saturated carbocycles. The van der Waals surface area contributed by atoms with Crippen LogP contribution in [-0.4, -0.2) is 76.7 Å². The van der Waals surface area contributed by atoms with Crippen molar-refractivity contribution in [2.75, 3.05) is 6.61 Å². The van der Waals surface area contributed by atoms with E-state index in [1.165, 1.54) is 12.8 Å². The lowest BCUT2D eigenvalue weighted by Crippen LogP contribution is -2.59. The second-order valence-corrected chi connectivity index (χ2v) is 8.54. The topological polar surface area (TPSA) is 252 Å². The molecule has 0 aromatic rings. The lowest BCUT2D eigenvalue weighted by Gasteiger charge is -2.21. The summed E-state index contributed by atoms with van der Waals surface area (Å²) in [5.74, 6) is -5.02. The fraction of sp³-hybridized carbons (Fsp3) is 0.727. The predicted molar refractivity (Wildman–Crippen MR) is 130 cm³/mol. The van der Waals surface area contributed by atoms with Gasteiger partial charge in [-0.05, 0) is 13.3 Å². The molecule has 15 heteroatoms. The van der Waals surface area contributed by atoms with Gasteiger partial charge in [-0.3, -0.25) is 30.0 Å². The van der Waals surface area contributed by atoms with E-state index in [4.69, 9.17) is 21.3 Å². The number of primary amides is 1. The number of nitrogens with two attached hydrogens (primary N) is 2. The summed E-state index contributed by atoms with van der Waals surface area (Å²) in [6.45, 7) is 2.82. The van der Waals surface area contributed by atoms with Gasteiger partial charge in [0, 0.05) is 6.42 Å². The number of aliphatic carboxylic acids is 1. The summed E-state index contributed by atoms with van der Waals surface area (Å²) in [5, 5.41) is 22.4. The van der Waals surface area contributed by atoms with Gasteiger partial charge in [0.25, 0.3) is 11.8 Å². The lowest BCUT2D eigenvalue weighted by molar-refractivity contribution is -0.145. The van der Waals surface area contributed by atoms with E-state index in [2.05, 4.69) is 6.92 Å². The largest absolute Gasteiger partial charge is 0.480 e. The van der Waals surface area contributed by atoms with Crippen molar-refractivity contribution < 1.29 is 43.7 Å². The number of amides is 5. The first kappa shape index (κ1) is 33.5. The molecule has 0 spiro atoms. The molecular weight excluding hydrogens is 492 g/mol. The Labute approximate surface area is 215 Å². The SMILES string of the molecule is CCCCCCCCCC(=O)OC[C@H](N)C(=O)NNC(=O)[C@H](CC(N)=O)NC(=O)N[C@H](C(=O)O)C(C)O. The number of urea groups is 1. The fourth-order valence-corrected chi connectivity index (χ4v) is 3.00. The number of hydrogen-bond donors (Lipinski definition) is 8. The molecule has 37 heavy (non-hydrogen) atoms. The molecule has 0 bridgehead atoms. The Morgan fingerprint density at radius 1 is 0.892 bits per heavy atom. The zero-order chi connectivity index (χ0) is 28.4. The summed E-state index contributed by atoms with van der Waals surface area (Å²) < 4.78 is 4.97. The Kier molecular flexibility index (Phi) is 17.0. The van der Waals surface area contributed by atoms with E-state index < -0.39 is 72.9 Å². The van der Waals surface area contributed by atoms with Gasteiger partial charge in [0.1, 0.15) is 18.7 Å². The van der Waals surface area contributed by atoms with Gasteiger partial charge in [0.05, 0.1) is 12.5 Å². The van der Waals surface area contributed by atoms with Gasteiger partial charge < -0.3 is 37.1 Å². The number of ether oxygens (including phenoxy) is 1. The minimum atomic E-state index is -1.69. The Morgan fingerprint density at radius 2 is 1.46 bits per heavy atom. The van der Waals surface area contributed by atoms with Gasteiger partial charge in [-0.25, -0.2) is 9.59 Å². The van der Waals surface area contributed by atoms with Crippen LogP contribution >= 0.6 is 0 Å². The summed E-state index contributed by atoms with van der Waals surface area (Å²) in [4.78, 5) is 70.6. The molecule has 1 unspecified atom stereocenters. The third-order valence-electron chi connectivity index (χ3n) is 5.12. The molecule has 4 atom stereocenters. The summed E-state index contributed by atoms with van der Waals surface area (Å²) in [7, 11) is 0. The smallest absolute Gasteiger partial charge is 0.328 e. The number of aliphatic hydroxyl groups is 1. The Bertz CT molecular complexity index is 778. The second-order valence-electron chi connectivity index (χ2n) is 8.54. The van der Waals surface area contributed by atoms with Gasteiger partial charge in [0.15, 0.2) is 6.04 Å². The quantitative estimate of drug-likeness (QED) is 0.0577. The third-order valence-corrected chi connectivity index (χ3v) is 5.12. The minimum absolute atomic E-state index is 0.194. The summed E-state index contributed by atoms with van der Waals surface area (Å²) in [6, 6.07) is -5.79. The molecule has 5 amide bonds. The standard InChI is InChI=1S/C22H40N6O9/c1-3-4-5-6-7-8-9-10-17(31)37-12-14(23)19(32)27-28-20(33)15(11-16(24)30)25-22(36)26-18(13(2)29)21(34)35/h13-15,18,29H,3-12,23H2,1-2H3,(H2,24,30)(H,27,32)(H,28,33)(H,34,35)(H2,25,26,36)/t13?,14-,15-,18-/m0/s1. The molecule has 0 radical (unpaired) electrons. The van der Waals surface area contributed by atoms with Crippen LogP contribution in [0.2, 0.25) is 0 Å². The summed E-state index contributed by atoms with van der Waals surface area (Å²) >= 11 is 0. The minimum Gasteiger partial charge on any atom is -0.480 e. The van der Waals surface area contributed by atoms with Crippen LogP contribution in [0.25, 0.3) is 0 Å². The van der Waals surface area contributed by atoms with E-state index in [1.807, 2.05) is 21.5 Å². The van der Waals surface area contributed by atoms with E-state index >= 15 is 0 Å². The number of carbonyl (C=O) groups excluding carboxylic acids is 5. The Balaban J connectivity index is 4.54. The zero-order valence-corrected chi connectivity index (χ0v) is 21.3. The molecule has 10 N–H and O–H groups in total. The molecule has 0 heterocycles. The molecule has 0 aliphatic carbocycles. The number of esters is 1. The number of carboxylic acids is 1. The van der Waals surface area contributed by atoms with Crippen molar-refractivity contribution in [1.82, 2.24) is 21.5 Å². The van der Waals surface area contributed by atoms with Crippen LogP contribution in [0, 0.1) is 0 Å². The normalized spacial score (nSPS) is 13.8. The molecule has 0 aliphatic rings. The molecule has 212 valence electrons. The maximum atomic E-state index is 12.3. The monoisotopic (exact) mass is 532 g/mol. The summed E-state index contributed by atoms with van der Waals surface area (Å²) in [6.07, 6.45) is 5.26. The van der Waals surface area contributed by atoms with Gasteiger partial charge in [-0.1, -0.05) is 45.4 Å². The molecule has 0 aromatic heterocycles. The fourth-order valence-electron chi connectivity index (χ4n) is 3.00. The van der Waals surface area contributed by atoms with Crippen molar-refractivity contribution in [1.29, 1.82) is 0 Å². The van der Waals surface area contributed by atoms with Crippen LogP contribution in [0.5, 0.6) is 0 Å².